The Bertz CT molecular complexity index is 1120. The Morgan fingerprint density at radius 1 is 0.829 bits per heavy atom. The first-order valence-electron chi connectivity index (χ1n) is 11.9. The Balaban J connectivity index is 1.43. The number of hydrogen-bond donors (Lipinski definition) is 3. The van der Waals surface area contributed by atoms with Crippen LogP contribution in [0.25, 0.3) is 0 Å². The van der Waals surface area contributed by atoms with Crippen LogP contribution in [0.5, 0.6) is 0 Å². The largest absolute Gasteiger partial charge is 0.379 e. The SMILES string of the molecule is Cc1cc(C)cc(NC(=O)C(Nc2ccc(NC(=O)CN3CCOCC3)cc2)c2ccccc2)c1. The summed E-state index contributed by atoms with van der Waals surface area (Å²) in [5.41, 5.74) is 5.31. The van der Waals surface area contributed by atoms with Crippen LogP contribution in [0.3, 0.4) is 0 Å². The van der Waals surface area contributed by atoms with Gasteiger partial charge in [-0.2, -0.15) is 0 Å². The lowest BCUT2D eigenvalue weighted by molar-refractivity contribution is -0.118. The molecular weight excluding hydrogens is 440 g/mol. The summed E-state index contributed by atoms with van der Waals surface area (Å²) in [6, 6.07) is 22.4. The number of aryl methyl sites for hydroxylation is 2. The van der Waals surface area contributed by atoms with Crippen molar-refractivity contribution in [2.24, 2.45) is 0 Å². The molecule has 0 spiro atoms. The van der Waals surface area contributed by atoms with Crippen LogP contribution in [-0.2, 0) is 14.3 Å². The molecule has 1 fully saturated rings. The van der Waals surface area contributed by atoms with Gasteiger partial charge in [0, 0.05) is 30.2 Å². The van der Waals surface area contributed by atoms with E-state index in [4.69, 9.17) is 4.74 Å². The highest BCUT2D eigenvalue weighted by molar-refractivity contribution is 5.97. The highest BCUT2D eigenvalue weighted by Gasteiger charge is 2.21. The van der Waals surface area contributed by atoms with E-state index in [-0.39, 0.29) is 11.8 Å². The van der Waals surface area contributed by atoms with Gasteiger partial charge in [0.15, 0.2) is 0 Å². The molecule has 4 rings (SSSR count). The first-order chi connectivity index (χ1) is 17.0. The third kappa shape index (κ3) is 7.15. The number of ether oxygens (including phenoxy) is 1. The van der Waals surface area contributed by atoms with Crippen LogP contribution in [0.15, 0.2) is 72.8 Å². The van der Waals surface area contributed by atoms with Gasteiger partial charge in [-0.3, -0.25) is 14.5 Å². The van der Waals surface area contributed by atoms with E-state index in [1.165, 1.54) is 0 Å². The van der Waals surface area contributed by atoms with Crippen molar-refractivity contribution in [1.29, 1.82) is 0 Å². The lowest BCUT2D eigenvalue weighted by atomic mass is 10.0. The Labute approximate surface area is 206 Å². The average molecular weight is 473 g/mol. The van der Waals surface area contributed by atoms with E-state index in [1.807, 2.05) is 80.6 Å². The molecule has 1 aliphatic rings. The predicted octanol–water partition coefficient (Wildman–Crippen LogP) is 4.37. The van der Waals surface area contributed by atoms with Gasteiger partial charge in [-0.05, 0) is 66.9 Å². The van der Waals surface area contributed by atoms with Gasteiger partial charge in [0.05, 0.1) is 19.8 Å². The second-order valence-corrected chi connectivity index (χ2v) is 8.87. The molecule has 3 aromatic rings. The van der Waals surface area contributed by atoms with Crippen LogP contribution in [0.1, 0.15) is 22.7 Å². The molecule has 1 heterocycles. The van der Waals surface area contributed by atoms with E-state index >= 15 is 0 Å². The fraction of sp³-hybridized carbons (Fsp3) is 0.286. The number of amides is 2. The molecule has 1 saturated heterocycles. The number of hydrogen-bond acceptors (Lipinski definition) is 5. The summed E-state index contributed by atoms with van der Waals surface area (Å²) in [6.07, 6.45) is 0. The summed E-state index contributed by atoms with van der Waals surface area (Å²) in [5, 5.41) is 9.33. The summed E-state index contributed by atoms with van der Waals surface area (Å²) in [6.45, 7) is 7.22. The van der Waals surface area contributed by atoms with Crippen molar-refractivity contribution < 1.29 is 14.3 Å². The molecule has 0 saturated carbocycles. The van der Waals surface area contributed by atoms with Crippen molar-refractivity contribution in [3.8, 4) is 0 Å². The van der Waals surface area contributed by atoms with Crippen LogP contribution in [0.2, 0.25) is 0 Å². The molecule has 0 bridgehead atoms. The Kier molecular flexibility index (Phi) is 8.13. The summed E-state index contributed by atoms with van der Waals surface area (Å²) in [7, 11) is 0. The molecular formula is C28H32N4O3. The van der Waals surface area contributed by atoms with E-state index in [0.717, 1.165) is 41.2 Å². The van der Waals surface area contributed by atoms with E-state index in [1.54, 1.807) is 0 Å². The first-order valence-corrected chi connectivity index (χ1v) is 11.9. The Morgan fingerprint density at radius 3 is 2.11 bits per heavy atom. The topological polar surface area (TPSA) is 82.7 Å². The number of morpholine rings is 1. The van der Waals surface area contributed by atoms with Crippen LogP contribution >= 0.6 is 0 Å². The van der Waals surface area contributed by atoms with Crippen LogP contribution in [0, 0.1) is 13.8 Å². The van der Waals surface area contributed by atoms with Crippen LogP contribution in [-0.4, -0.2) is 49.6 Å². The van der Waals surface area contributed by atoms with E-state index in [2.05, 4.69) is 26.9 Å². The van der Waals surface area contributed by atoms with Gasteiger partial charge in [-0.25, -0.2) is 0 Å². The number of rotatable bonds is 8. The van der Waals surface area contributed by atoms with Crippen molar-refractivity contribution in [3.63, 3.8) is 0 Å². The molecule has 1 aliphatic heterocycles. The number of nitrogens with one attached hydrogen (secondary N) is 3. The maximum atomic E-state index is 13.3. The average Bonchev–Trinajstić information content (AvgIpc) is 2.84. The van der Waals surface area contributed by atoms with Crippen molar-refractivity contribution in [2.45, 2.75) is 19.9 Å². The lowest BCUT2D eigenvalue weighted by Crippen LogP contribution is -2.41. The fourth-order valence-corrected chi connectivity index (χ4v) is 4.19. The molecule has 35 heavy (non-hydrogen) atoms. The van der Waals surface area contributed by atoms with Crippen LogP contribution in [0.4, 0.5) is 17.1 Å². The third-order valence-corrected chi connectivity index (χ3v) is 5.83. The molecule has 1 atom stereocenters. The van der Waals surface area contributed by atoms with E-state index in [9.17, 15) is 9.59 Å². The monoisotopic (exact) mass is 472 g/mol. The Hall–Kier alpha value is -3.68. The maximum Gasteiger partial charge on any atom is 0.251 e. The van der Waals surface area contributed by atoms with Gasteiger partial charge in [0.2, 0.25) is 5.91 Å². The summed E-state index contributed by atoms with van der Waals surface area (Å²) in [5.74, 6) is -0.202. The maximum absolute atomic E-state index is 13.3. The van der Waals surface area contributed by atoms with Crippen molar-refractivity contribution in [3.05, 3.63) is 89.5 Å². The van der Waals surface area contributed by atoms with Crippen molar-refractivity contribution in [1.82, 2.24) is 4.90 Å². The summed E-state index contributed by atoms with van der Waals surface area (Å²) < 4.78 is 5.33. The van der Waals surface area contributed by atoms with Gasteiger partial charge in [0.1, 0.15) is 6.04 Å². The number of nitrogens with zero attached hydrogens (tertiary/aromatic N) is 1. The molecule has 1 unspecified atom stereocenters. The molecule has 2 amide bonds. The molecule has 7 nitrogen and oxygen atoms in total. The highest BCUT2D eigenvalue weighted by atomic mass is 16.5. The summed E-state index contributed by atoms with van der Waals surface area (Å²) in [4.78, 5) is 27.8. The van der Waals surface area contributed by atoms with Gasteiger partial charge < -0.3 is 20.7 Å². The van der Waals surface area contributed by atoms with Crippen molar-refractivity contribution in [2.75, 3.05) is 48.8 Å². The standard InChI is InChI=1S/C28H32N4O3/c1-20-16-21(2)18-25(17-20)31-28(34)27(22-6-4-3-5-7-22)30-24-10-8-23(9-11-24)29-26(33)19-32-12-14-35-15-13-32/h3-11,16-18,27,30H,12-15,19H2,1-2H3,(H,29,33)(H,31,34). The molecule has 3 N–H and O–H groups in total. The molecule has 0 radical (unpaired) electrons. The zero-order chi connectivity index (χ0) is 24.6. The minimum absolute atomic E-state index is 0.0532. The molecule has 7 heteroatoms. The molecule has 182 valence electrons. The number of carbonyl (C=O) groups is 2. The highest BCUT2D eigenvalue weighted by Crippen LogP contribution is 2.24. The number of carbonyl (C=O) groups excluding carboxylic acids is 2. The number of benzene rings is 3. The van der Waals surface area contributed by atoms with Gasteiger partial charge in [-0.1, -0.05) is 36.4 Å². The second kappa shape index (κ2) is 11.6. The summed E-state index contributed by atoms with van der Waals surface area (Å²) >= 11 is 0. The Morgan fingerprint density at radius 2 is 1.46 bits per heavy atom. The lowest BCUT2D eigenvalue weighted by Gasteiger charge is -2.25. The second-order valence-electron chi connectivity index (χ2n) is 8.87. The zero-order valence-electron chi connectivity index (χ0n) is 20.2. The number of anilines is 3. The van der Waals surface area contributed by atoms with E-state index in [0.29, 0.717) is 25.4 Å². The minimum atomic E-state index is -0.584. The van der Waals surface area contributed by atoms with Crippen molar-refractivity contribution >= 4 is 28.9 Å². The van der Waals surface area contributed by atoms with Gasteiger partial charge in [0.25, 0.3) is 5.91 Å². The normalized spacial score (nSPS) is 14.7. The third-order valence-electron chi connectivity index (χ3n) is 5.83. The zero-order valence-corrected chi connectivity index (χ0v) is 20.2. The molecule has 0 aromatic heterocycles. The van der Waals surface area contributed by atoms with E-state index < -0.39 is 6.04 Å². The first kappa shape index (κ1) is 24.4. The quantitative estimate of drug-likeness (QED) is 0.454. The molecule has 3 aromatic carbocycles. The molecule has 0 aliphatic carbocycles. The van der Waals surface area contributed by atoms with Gasteiger partial charge >= 0.3 is 0 Å². The minimum Gasteiger partial charge on any atom is -0.379 e. The van der Waals surface area contributed by atoms with Gasteiger partial charge in [-0.15, -0.1) is 0 Å². The fourth-order valence-electron chi connectivity index (χ4n) is 4.19. The van der Waals surface area contributed by atoms with Crippen LogP contribution < -0.4 is 16.0 Å². The predicted molar refractivity (Wildman–Crippen MR) is 140 cm³/mol. The smallest absolute Gasteiger partial charge is 0.251 e.